The average Bonchev–Trinajstić information content (AvgIpc) is 2.74. The van der Waals surface area contributed by atoms with Gasteiger partial charge >= 0.3 is 0 Å². The van der Waals surface area contributed by atoms with Crippen molar-refractivity contribution in [2.75, 3.05) is 6.54 Å². The molecule has 3 heterocycles. The van der Waals surface area contributed by atoms with Gasteiger partial charge in [0.2, 0.25) is 0 Å². The van der Waals surface area contributed by atoms with Crippen LogP contribution in [0.15, 0.2) is 30.6 Å². The lowest BCUT2D eigenvalue weighted by Crippen LogP contribution is -2.28. The van der Waals surface area contributed by atoms with Crippen LogP contribution >= 0.6 is 0 Å². The molecule has 0 spiro atoms. The van der Waals surface area contributed by atoms with Gasteiger partial charge in [0.05, 0.1) is 17.9 Å². The molecule has 15 heavy (non-hydrogen) atoms. The summed E-state index contributed by atoms with van der Waals surface area (Å²) in [7, 11) is 0. The van der Waals surface area contributed by atoms with Crippen LogP contribution < -0.4 is 5.32 Å². The van der Waals surface area contributed by atoms with Gasteiger partial charge in [0, 0.05) is 31.0 Å². The van der Waals surface area contributed by atoms with Crippen LogP contribution in [-0.4, -0.2) is 21.3 Å². The fraction of sp³-hybridized carbons (Fsp3) is 0.273. The van der Waals surface area contributed by atoms with Gasteiger partial charge in [-0.3, -0.25) is 9.67 Å². The van der Waals surface area contributed by atoms with Gasteiger partial charge in [-0.05, 0) is 18.2 Å². The number of aromatic nitrogens is 3. The lowest BCUT2D eigenvalue weighted by atomic mass is 10.2. The highest BCUT2D eigenvalue weighted by Crippen LogP contribution is 2.19. The zero-order chi connectivity index (χ0) is 10.1. The molecule has 0 saturated heterocycles. The Hall–Kier alpha value is -1.68. The Morgan fingerprint density at radius 1 is 1.27 bits per heavy atom. The number of fused-ring (bicyclic) bond motifs is 1. The van der Waals surface area contributed by atoms with E-state index in [4.69, 9.17) is 0 Å². The minimum absolute atomic E-state index is 0.915. The van der Waals surface area contributed by atoms with E-state index in [0.29, 0.717) is 0 Å². The van der Waals surface area contributed by atoms with Gasteiger partial charge in [-0.25, -0.2) is 0 Å². The highest BCUT2D eigenvalue weighted by molar-refractivity contribution is 5.58. The number of pyridine rings is 1. The van der Waals surface area contributed by atoms with Crippen LogP contribution in [0, 0.1) is 0 Å². The summed E-state index contributed by atoms with van der Waals surface area (Å²) < 4.78 is 2.08. The molecule has 1 aliphatic rings. The number of nitrogens with one attached hydrogen (secondary N) is 1. The smallest absolute Gasteiger partial charge is 0.0927 e. The highest BCUT2D eigenvalue weighted by Gasteiger charge is 2.12. The van der Waals surface area contributed by atoms with E-state index in [1.54, 1.807) is 12.4 Å². The molecule has 76 valence electrons. The molecule has 0 fully saturated rings. The topological polar surface area (TPSA) is 42.7 Å². The summed E-state index contributed by atoms with van der Waals surface area (Å²) in [6, 6.07) is 6.12. The molecule has 0 unspecified atom stereocenters. The standard InChI is InChI=1S/C11H12N4/c1-3-12-4-2-9(1)11-7-10-8-13-5-6-15(10)14-11/h1-4,7,13H,5-6,8H2. The fourth-order valence-corrected chi connectivity index (χ4v) is 1.86. The van der Waals surface area contributed by atoms with E-state index in [-0.39, 0.29) is 0 Å². The molecule has 1 aliphatic heterocycles. The van der Waals surface area contributed by atoms with Gasteiger partial charge in [-0.15, -0.1) is 0 Å². The largest absolute Gasteiger partial charge is 0.309 e. The van der Waals surface area contributed by atoms with Crippen molar-refractivity contribution in [1.82, 2.24) is 20.1 Å². The Morgan fingerprint density at radius 3 is 2.93 bits per heavy atom. The monoisotopic (exact) mass is 200 g/mol. The van der Waals surface area contributed by atoms with Gasteiger partial charge in [-0.1, -0.05) is 0 Å². The summed E-state index contributed by atoms with van der Waals surface area (Å²) in [6.45, 7) is 2.88. The zero-order valence-corrected chi connectivity index (χ0v) is 8.35. The van der Waals surface area contributed by atoms with Crippen LogP contribution in [0.2, 0.25) is 0 Å². The van der Waals surface area contributed by atoms with Crippen molar-refractivity contribution in [2.24, 2.45) is 0 Å². The predicted molar refractivity (Wildman–Crippen MR) is 57.2 cm³/mol. The van der Waals surface area contributed by atoms with E-state index in [0.717, 1.165) is 30.9 Å². The second-order valence-corrected chi connectivity index (χ2v) is 3.66. The molecular weight excluding hydrogens is 188 g/mol. The molecule has 2 aromatic rings. The number of nitrogens with zero attached hydrogens (tertiary/aromatic N) is 3. The maximum Gasteiger partial charge on any atom is 0.0927 e. The Labute approximate surface area is 88.0 Å². The minimum Gasteiger partial charge on any atom is -0.309 e. The number of rotatable bonds is 1. The summed E-state index contributed by atoms with van der Waals surface area (Å²) in [4.78, 5) is 4.01. The maximum absolute atomic E-state index is 4.57. The van der Waals surface area contributed by atoms with Crippen molar-refractivity contribution >= 4 is 0 Å². The minimum atomic E-state index is 0.915. The van der Waals surface area contributed by atoms with Gasteiger partial charge in [0.25, 0.3) is 0 Å². The van der Waals surface area contributed by atoms with Crippen LogP contribution in [0.4, 0.5) is 0 Å². The van der Waals surface area contributed by atoms with Crippen molar-refractivity contribution in [2.45, 2.75) is 13.1 Å². The molecule has 4 heteroatoms. The molecule has 0 atom stereocenters. The van der Waals surface area contributed by atoms with Crippen molar-refractivity contribution in [3.05, 3.63) is 36.3 Å². The van der Waals surface area contributed by atoms with Crippen molar-refractivity contribution in [3.63, 3.8) is 0 Å². The van der Waals surface area contributed by atoms with E-state index < -0.39 is 0 Å². The maximum atomic E-state index is 4.57. The molecular formula is C11H12N4. The van der Waals surface area contributed by atoms with Gasteiger partial charge in [0.15, 0.2) is 0 Å². The van der Waals surface area contributed by atoms with Gasteiger partial charge in [0.1, 0.15) is 0 Å². The van der Waals surface area contributed by atoms with E-state index >= 15 is 0 Å². The summed E-state index contributed by atoms with van der Waals surface area (Å²) in [6.07, 6.45) is 3.60. The second kappa shape index (κ2) is 3.47. The third-order valence-electron chi connectivity index (χ3n) is 2.65. The Bertz CT molecular complexity index is 437. The van der Waals surface area contributed by atoms with Gasteiger partial charge in [-0.2, -0.15) is 5.10 Å². The van der Waals surface area contributed by atoms with E-state index in [1.807, 2.05) is 12.1 Å². The molecule has 4 nitrogen and oxygen atoms in total. The Morgan fingerprint density at radius 2 is 2.13 bits per heavy atom. The third-order valence-corrected chi connectivity index (χ3v) is 2.65. The molecule has 3 rings (SSSR count). The van der Waals surface area contributed by atoms with Crippen molar-refractivity contribution in [3.8, 4) is 11.3 Å². The molecule has 0 radical (unpaired) electrons. The second-order valence-electron chi connectivity index (χ2n) is 3.66. The first kappa shape index (κ1) is 8.61. The lowest BCUT2D eigenvalue weighted by molar-refractivity contribution is 0.476. The normalized spacial score (nSPS) is 14.9. The molecule has 0 saturated carbocycles. The van der Waals surface area contributed by atoms with Crippen LogP contribution in [0.3, 0.4) is 0 Å². The van der Waals surface area contributed by atoms with E-state index in [1.165, 1.54) is 5.69 Å². The van der Waals surface area contributed by atoms with E-state index in [9.17, 15) is 0 Å². The van der Waals surface area contributed by atoms with Crippen molar-refractivity contribution in [1.29, 1.82) is 0 Å². The Balaban J connectivity index is 2.03. The van der Waals surface area contributed by atoms with E-state index in [2.05, 4.69) is 26.1 Å². The summed E-state index contributed by atoms with van der Waals surface area (Å²) in [5, 5.41) is 7.90. The van der Waals surface area contributed by atoms with Gasteiger partial charge < -0.3 is 5.32 Å². The molecule has 0 aliphatic carbocycles. The quantitative estimate of drug-likeness (QED) is 0.748. The molecule has 2 aromatic heterocycles. The highest BCUT2D eigenvalue weighted by atomic mass is 15.3. The first-order valence-electron chi connectivity index (χ1n) is 5.11. The number of hydrogen-bond donors (Lipinski definition) is 1. The van der Waals surface area contributed by atoms with Crippen LogP contribution in [-0.2, 0) is 13.1 Å². The van der Waals surface area contributed by atoms with Crippen LogP contribution in [0.5, 0.6) is 0 Å². The number of hydrogen-bond acceptors (Lipinski definition) is 3. The fourth-order valence-electron chi connectivity index (χ4n) is 1.86. The predicted octanol–water partition coefficient (Wildman–Crippen LogP) is 1.05. The SMILES string of the molecule is c1cc(-c2cc3n(n2)CCNC3)ccn1. The van der Waals surface area contributed by atoms with Crippen LogP contribution in [0.25, 0.3) is 11.3 Å². The first-order valence-corrected chi connectivity index (χ1v) is 5.11. The summed E-state index contributed by atoms with van der Waals surface area (Å²) in [5.74, 6) is 0. The van der Waals surface area contributed by atoms with Crippen molar-refractivity contribution < 1.29 is 0 Å². The molecule has 0 bridgehead atoms. The summed E-state index contributed by atoms with van der Waals surface area (Å²) in [5.41, 5.74) is 3.43. The zero-order valence-electron chi connectivity index (χ0n) is 8.35. The summed E-state index contributed by atoms with van der Waals surface area (Å²) >= 11 is 0. The molecule has 1 N–H and O–H groups in total. The van der Waals surface area contributed by atoms with Crippen LogP contribution in [0.1, 0.15) is 5.69 Å². The first-order chi connectivity index (χ1) is 7.43. The third kappa shape index (κ3) is 1.53. The Kier molecular flexibility index (Phi) is 1.99. The molecule has 0 aromatic carbocycles. The average molecular weight is 200 g/mol. The molecule has 0 amide bonds. The lowest BCUT2D eigenvalue weighted by Gasteiger charge is -2.13.